The Kier molecular flexibility index (Phi) is 4.98. The minimum Gasteiger partial charge on any atom is -0.353 e. The zero-order valence-electron chi connectivity index (χ0n) is 10.2. The maximum atomic E-state index is 11.9. The molecule has 0 bridgehead atoms. The molecular weight excluding hydrogens is 236 g/mol. The van der Waals surface area contributed by atoms with E-state index in [0.29, 0.717) is 12.3 Å². The van der Waals surface area contributed by atoms with E-state index in [-0.39, 0.29) is 11.9 Å². The molecule has 2 fully saturated rings. The van der Waals surface area contributed by atoms with Crippen LogP contribution >= 0.6 is 0 Å². The lowest BCUT2D eigenvalue weighted by molar-refractivity contribution is -0.122. The Balaban J connectivity index is 1.67. The number of carbonyl (C=O) groups excluding carboxylic acids is 1. The summed E-state index contributed by atoms with van der Waals surface area (Å²) >= 11 is 0. The number of hydrogen-bond acceptors (Lipinski definition) is 3. The lowest BCUT2D eigenvalue weighted by atomic mass is 9.94. The van der Waals surface area contributed by atoms with Crippen molar-refractivity contribution in [1.29, 1.82) is 0 Å². The first-order valence-corrected chi connectivity index (χ1v) is 8.08. The molecule has 1 amide bonds. The normalized spacial score (nSPS) is 31.1. The van der Waals surface area contributed by atoms with Crippen LogP contribution in [0.25, 0.3) is 0 Å². The number of nitrogens with one attached hydrogen (secondary N) is 2. The van der Waals surface area contributed by atoms with E-state index in [9.17, 15) is 9.00 Å². The molecule has 2 heterocycles. The summed E-state index contributed by atoms with van der Waals surface area (Å²) < 4.78 is 11.2. The zero-order chi connectivity index (χ0) is 12.1. The van der Waals surface area contributed by atoms with Crippen molar-refractivity contribution in [2.45, 2.75) is 38.1 Å². The van der Waals surface area contributed by atoms with Gasteiger partial charge in [0.2, 0.25) is 5.91 Å². The molecule has 0 atom stereocenters. The standard InChI is InChI=1S/C12H22N2O2S/c15-12(9-10-1-5-13-6-2-10)14-11-3-7-17(16)8-4-11/h10-11,13H,1-9H2,(H,14,15). The van der Waals surface area contributed by atoms with Crippen molar-refractivity contribution in [2.24, 2.45) is 5.92 Å². The lowest BCUT2D eigenvalue weighted by Gasteiger charge is -2.25. The highest BCUT2D eigenvalue weighted by molar-refractivity contribution is 7.85. The molecule has 0 radical (unpaired) electrons. The SMILES string of the molecule is O=C(CC1CCNCC1)NC1CCS(=O)CC1. The number of rotatable bonds is 3. The Bertz CT molecular complexity index is 280. The van der Waals surface area contributed by atoms with E-state index in [1.807, 2.05) is 0 Å². The van der Waals surface area contributed by atoms with Gasteiger partial charge in [-0.1, -0.05) is 0 Å². The summed E-state index contributed by atoms with van der Waals surface area (Å²) in [6.07, 6.45) is 4.65. The van der Waals surface area contributed by atoms with Crippen molar-refractivity contribution >= 4 is 16.7 Å². The highest BCUT2D eigenvalue weighted by atomic mass is 32.2. The van der Waals surface area contributed by atoms with Crippen LogP contribution in [0.2, 0.25) is 0 Å². The number of piperidine rings is 1. The van der Waals surface area contributed by atoms with Crippen LogP contribution in [0.15, 0.2) is 0 Å². The highest BCUT2D eigenvalue weighted by Gasteiger charge is 2.21. The average molecular weight is 258 g/mol. The van der Waals surface area contributed by atoms with Crippen LogP contribution < -0.4 is 10.6 Å². The van der Waals surface area contributed by atoms with Crippen molar-refractivity contribution in [3.63, 3.8) is 0 Å². The number of amides is 1. The van der Waals surface area contributed by atoms with Crippen LogP contribution in [0.5, 0.6) is 0 Å². The van der Waals surface area contributed by atoms with Gasteiger partial charge < -0.3 is 10.6 Å². The van der Waals surface area contributed by atoms with Gasteiger partial charge in [-0.25, -0.2) is 0 Å². The second-order valence-corrected chi connectivity index (χ2v) is 6.78. The van der Waals surface area contributed by atoms with Crippen LogP contribution in [0.4, 0.5) is 0 Å². The molecule has 2 saturated heterocycles. The minimum atomic E-state index is -0.642. The summed E-state index contributed by atoms with van der Waals surface area (Å²) in [6, 6.07) is 0.266. The van der Waals surface area contributed by atoms with Crippen molar-refractivity contribution in [2.75, 3.05) is 24.6 Å². The second-order valence-electron chi connectivity index (χ2n) is 5.09. The predicted molar refractivity (Wildman–Crippen MR) is 69.3 cm³/mol. The molecule has 5 heteroatoms. The Labute approximate surface area is 105 Å². The van der Waals surface area contributed by atoms with E-state index in [2.05, 4.69) is 10.6 Å². The first-order valence-electron chi connectivity index (χ1n) is 6.59. The predicted octanol–water partition coefficient (Wildman–Crippen LogP) is 0.403. The van der Waals surface area contributed by atoms with Crippen molar-refractivity contribution in [1.82, 2.24) is 10.6 Å². The molecule has 2 aliphatic heterocycles. The van der Waals surface area contributed by atoms with Gasteiger partial charge in [0, 0.05) is 34.8 Å². The first kappa shape index (κ1) is 13.0. The summed E-state index contributed by atoms with van der Waals surface area (Å²) in [7, 11) is -0.642. The van der Waals surface area contributed by atoms with Crippen LogP contribution in [-0.4, -0.2) is 40.8 Å². The summed E-state index contributed by atoms with van der Waals surface area (Å²) in [4.78, 5) is 11.9. The molecule has 0 unspecified atom stereocenters. The maximum absolute atomic E-state index is 11.9. The summed E-state index contributed by atoms with van der Waals surface area (Å²) in [5, 5.41) is 6.40. The lowest BCUT2D eigenvalue weighted by Crippen LogP contribution is -2.41. The molecule has 0 spiro atoms. The van der Waals surface area contributed by atoms with Crippen molar-refractivity contribution in [3.8, 4) is 0 Å². The first-order chi connectivity index (χ1) is 8.24. The van der Waals surface area contributed by atoms with E-state index in [1.165, 1.54) is 0 Å². The highest BCUT2D eigenvalue weighted by Crippen LogP contribution is 2.16. The van der Waals surface area contributed by atoms with Gasteiger partial charge in [-0.05, 0) is 44.7 Å². The largest absolute Gasteiger partial charge is 0.353 e. The molecule has 0 aromatic rings. The minimum absolute atomic E-state index is 0.189. The molecular formula is C12H22N2O2S. The molecule has 0 aromatic heterocycles. The van der Waals surface area contributed by atoms with Crippen LogP contribution in [0, 0.1) is 5.92 Å². The number of carbonyl (C=O) groups is 1. The Morgan fingerprint density at radius 3 is 2.47 bits per heavy atom. The number of hydrogen-bond donors (Lipinski definition) is 2. The van der Waals surface area contributed by atoms with Crippen molar-refractivity contribution < 1.29 is 9.00 Å². The van der Waals surface area contributed by atoms with Gasteiger partial charge in [0.25, 0.3) is 0 Å². The molecule has 2 N–H and O–H groups in total. The fourth-order valence-corrected chi connectivity index (χ4v) is 3.87. The molecule has 2 aliphatic rings. The third-order valence-corrected chi connectivity index (χ3v) is 5.07. The molecule has 2 rings (SSSR count). The van der Waals surface area contributed by atoms with Crippen molar-refractivity contribution in [3.05, 3.63) is 0 Å². The van der Waals surface area contributed by atoms with Gasteiger partial charge in [0.15, 0.2) is 0 Å². The summed E-state index contributed by atoms with van der Waals surface area (Å²) in [5.41, 5.74) is 0. The summed E-state index contributed by atoms with van der Waals surface area (Å²) in [6.45, 7) is 2.08. The fourth-order valence-electron chi connectivity index (χ4n) is 2.57. The van der Waals surface area contributed by atoms with E-state index >= 15 is 0 Å². The molecule has 0 aromatic carbocycles. The van der Waals surface area contributed by atoms with Crippen LogP contribution in [0.3, 0.4) is 0 Å². The third kappa shape index (κ3) is 4.39. The van der Waals surface area contributed by atoms with Gasteiger partial charge in [-0.3, -0.25) is 9.00 Å². The third-order valence-electron chi connectivity index (χ3n) is 3.69. The van der Waals surface area contributed by atoms with E-state index in [0.717, 1.165) is 50.3 Å². The Morgan fingerprint density at radius 2 is 1.82 bits per heavy atom. The zero-order valence-corrected chi connectivity index (χ0v) is 11.1. The van der Waals surface area contributed by atoms with Crippen LogP contribution in [0.1, 0.15) is 32.1 Å². The quantitative estimate of drug-likeness (QED) is 0.770. The molecule has 0 saturated carbocycles. The van der Waals surface area contributed by atoms with Crippen LogP contribution in [-0.2, 0) is 15.6 Å². The van der Waals surface area contributed by atoms with Gasteiger partial charge in [-0.2, -0.15) is 0 Å². The fraction of sp³-hybridized carbons (Fsp3) is 0.917. The maximum Gasteiger partial charge on any atom is 0.220 e. The monoisotopic (exact) mass is 258 g/mol. The Hall–Kier alpha value is -0.420. The molecule has 98 valence electrons. The molecule has 0 aliphatic carbocycles. The molecule has 4 nitrogen and oxygen atoms in total. The van der Waals surface area contributed by atoms with E-state index in [1.54, 1.807) is 0 Å². The second kappa shape index (κ2) is 6.50. The Morgan fingerprint density at radius 1 is 1.18 bits per heavy atom. The smallest absolute Gasteiger partial charge is 0.220 e. The van der Waals surface area contributed by atoms with E-state index < -0.39 is 10.8 Å². The van der Waals surface area contributed by atoms with E-state index in [4.69, 9.17) is 0 Å². The van der Waals surface area contributed by atoms with Gasteiger partial charge in [0.1, 0.15) is 0 Å². The van der Waals surface area contributed by atoms with Gasteiger partial charge >= 0.3 is 0 Å². The summed E-state index contributed by atoms with van der Waals surface area (Å²) in [5.74, 6) is 2.24. The van der Waals surface area contributed by atoms with Gasteiger partial charge in [-0.15, -0.1) is 0 Å². The average Bonchev–Trinajstić information content (AvgIpc) is 2.33. The molecule has 17 heavy (non-hydrogen) atoms. The topological polar surface area (TPSA) is 58.2 Å². The van der Waals surface area contributed by atoms with Gasteiger partial charge in [0.05, 0.1) is 0 Å².